The number of hydrogen-bond acceptors (Lipinski definition) is 4. The zero-order valence-electron chi connectivity index (χ0n) is 11.1. The number of nitrogens with zero attached hydrogens (tertiary/aromatic N) is 1. The molecule has 1 heterocycles. The van der Waals surface area contributed by atoms with E-state index in [2.05, 4.69) is 4.98 Å². The molecule has 0 aliphatic carbocycles. The van der Waals surface area contributed by atoms with E-state index in [0.717, 1.165) is 20.8 Å². The van der Waals surface area contributed by atoms with E-state index >= 15 is 0 Å². The smallest absolute Gasteiger partial charge is 0.165 e. The van der Waals surface area contributed by atoms with Crippen molar-refractivity contribution < 1.29 is 9.13 Å². The largest absolute Gasteiger partial charge is 0.452 e. The summed E-state index contributed by atoms with van der Waals surface area (Å²) in [6, 6.07) is 8.27. The summed E-state index contributed by atoms with van der Waals surface area (Å²) >= 11 is 1.57. The van der Waals surface area contributed by atoms with Gasteiger partial charge in [-0.25, -0.2) is 9.37 Å². The maximum atomic E-state index is 13.7. The fourth-order valence-electron chi connectivity index (χ4n) is 1.98. The SMILES string of the molecule is Cc1ccc(F)c(Oc2cc3nc(C)sc3cc2N)c1. The van der Waals surface area contributed by atoms with E-state index in [1.165, 1.54) is 6.07 Å². The van der Waals surface area contributed by atoms with Gasteiger partial charge in [-0.15, -0.1) is 11.3 Å². The summed E-state index contributed by atoms with van der Waals surface area (Å²) in [7, 11) is 0. The van der Waals surface area contributed by atoms with Crippen LogP contribution in [-0.2, 0) is 0 Å². The van der Waals surface area contributed by atoms with Gasteiger partial charge in [0.05, 0.1) is 20.9 Å². The topological polar surface area (TPSA) is 48.1 Å². The van der Waals surface area contributed by atoms with Crippen LogP contribution in [0.1, 0.15) is 10.6 Å². The Bertz CT molecular complexity index is 798. The molecule has 0 atom stereocenters. The number of benzene rings is 2. The summed E-state index contributed by atoms with van der Waals surface area (Å²) in [6.45, 7) is 3.81. The summed E-state index contributed by atoms with van der Waals surface area (Å²) < 4.78 is 20.3. The van der Waals surface area contributed by atoms with Crippen LogP contribution in [0.4, 0.5) is 10.1 Å². The fraction of sp³-hybridized carbons (Fsp3) is 0.133. The van der Waals surface area contributed by atoms with Crippen molar-refractivity contribution in [3.8, 4) is 11.5 Å². The molecule has 0 bridgehead atoms. The van der Waals surface area contributed by atoms with E-state index < -0.39 is 5.82 Å². The van der Waals surface area contributed by atoms with Crippen molar-refractivity contribution in [1.29, 1.82) is 0 Å². The van der Waals surface area contributed by atoms with Gasteiger partial charge in [0.1, 0.15) is 0 Å². The van der Waals surface area contributed by atoms with Gasteiger partial charge in [-0.1, -0.05) is 6.07 Å². The molecule has 1 aromatic heterocycles. The molecule has 0 saturated heterocycles. The molecule has 0 unspecified atom stereocenters. The summed E-state index contributed by atoms with van der Waals surface area (Å²) in [6.07, 6.45) is 0. The van der Waals surface area contributed by atoms with Crippen LogP contribution < -0.4 is 10.5 Å². The van der Waals surface area contributed by atoms with E-state index in [4.69, 9.17) is 10.5 Å². The lowest BCUT2D eigenvalue weighted by Gasteiger charge is -2.10. The number of halogens is 1. The first-order chi connectivity index (χ1) is 9.52. The molecule has 0 radical (unpaired) electrons. The Hall–Kier alpha value is -2.14. The van der Waals surface area contributed by atoms with Crippen molar-refractivity contribution in [1.82, 2.24) is 4.98 Å². The van der Waals surface area contributed by atoms with Crippen LogP contribution in [-0.4, -0.2) is 4.98 Å². The van der Waals surface area contributed by atoms with Gasteiger partial charge < -0.3 is 10.5 Å². The van der Waals surface area contributed by atoms with Crippen LogP contribution in [0.3, 0.4) is 0 Å². The molecule has 102 valence electrons. The minimum Gasteiger partial charge on any atom is -0.452 e. The zero-order chi connectivity index (χ0) is 14.3. The minimum atomic E-state index is -0.412. The molecule has 0 fully saturated rings. The fourth-order valence-corrected chi connectivity index (χ4v) is 2.84. The highest BCUT2D eigenvalue weighted by molar-refractivity contribution is 7.18. The van der Waals surface area contributed by atoms with Gasteiger partial charge in [0.2, 0.25) is 0 Å². The predicted molar refractivity (Wildman–Crippen MR) is 80.0 cm³/mol. The molecule has 3 rings (SSSR count). The first-order valence-electron chi connectivity index (χ1n) is 6.13. The molecule has 0 amide bonds. The van der Waals surface area contributed by atoms with Gasteiger partial charge in [0, 0.05) is 6.07 Å². The number of nitrogen functional groups attached to an aromatic ring is 1. The summed E-state index contributed by atoms with van der Waals surface area (Å²) in [4.78, 5) is 4.39. The first kappa shape index (κ1) is 12.9. The summed E-state index contributed by atoms with van der Waals surface area (Å²) in [5.41, 5.74) is 8.17. The van der Waals surface area contributed by atoms with E-state index in [0.29, 0.717) is 11.4 Å². The van der Waals surface area contributed by atoms with Crippen molar-refractivity contribution in [2.24, 2.45) is 0 Å². The number of rotatable bonds is 2. The minimum absolute atomic E-state index is 0.169. The predicted octanol–water partition coefficient (Wildman–Crippen LogP) is 4.43. The molecule has 0 aliphatic rings. The van der Waals surface area contributed by atoms with Crippen LogP contribution >= 0.6 is 11.3 Å². The Morgan fingerprint density at radius 2 is 1.95 bits per heavy atom. The number of nitrogens with two attached hydrogens (primary N) is 1. The van der Waals surface area contributed by atoms with Crippen LogP contribution in [0.25, 0.3) is 10.2 Å². The van der Waals surface area contributed by atoms with Crippen molar-refractivity contribution in [3.63, 3.8) is 0 Å². The molecular weight excluding hydrogens is 275 g/mol. The third kappa shape index (κ3) is 2.32. The molecule has 5 heteroatoms. The van der Waals surface area contributed by atoms with Crippen LogP contribution in [0.15, 0.2) is 30.3 Å². The van der Waals surface area contributed by atoms with E-state index in [1.54, 1.807) is 29.5 Å². The lowest BCUT2D eigenvalue weighted by Crippen LogP contribution is -1.94. The van der Waals surface area contributed by atoms with Gasteiger partial charge in [-0.05, 0) is 37.6 Å². The van der Waals surface area contributed by atoms with Gasteiger partial charge in [-0.3, -0.25) is 0 Å². The second kappa shape index (κ2) is 4.76. The number of hydrogen-bond donors (Lipinski definition) is 1. The Labute approximate surface area is 119 Å². The average Bonchev–Trinajstić information content (AvgIpc) is 2.73. The summed E-state index contributed by atoms with van der Waals surface area (Å²) in [5.74, 6) is 0.180. The standard InChI is InChI=1S/C15H13FN2OS/c1-8-3-4-10(16)13(5-8)19-14-7-12-15(6-11(14)17)20-9(2)18-12/h3-7H,17H2,1-2H3. The number of thiazole rings is 1. The Kier molecular flexibility index (Phi) is 3.06. The molecule has 0 aliphatic heterocycles. The van der Waals surface area contributed by atoms with E-state index in [-0.39, 0.29) is 5.75 Å². The normalized spacial score (nSPS) is 10.9. The third-order valence-corrected chi connectivity index (χ3v) is 3.87. The molecule has 3 aromatic rings. The number of aromatic nitrogens is 1. The summed E-state index contributed by atoms with van der Waals surface area (Å²) in [5, 5.41) is 0.957. The molecule has 20 heavy (non-hydrogen) atoms. The highest BCUT2D eigenvalue weighted by atomic mass is 32.1. The Morgan fingerprint density at radius 3 is 2.75 bits per heavy atom. The van der Waals surface area contributed by atoms with Gasteiger partial charge >= 0.3 is 0 Å². The second-order valence-corrected chi connectivity index (χ2v) is 5.86. The average molecular weight is 288 g/mol. The molecular formula is C15H13FN2OS. The highest BCUT2D eigenvalue weighted by Gasteiger charge is 2.11. The lowest BCUT2D eigenvalue weighted by atomic mass is 10.2. The molecule has 0 spiro atoms. The molecule has 2 aromatic carbocycles. The van der Waals surface area contributed by atoms with Crippen molar-refractivity contribution in [3.05, 3.63) is 46.7 Å². The van der Waals surface area contributed by atoms with Crippen molar-refractivity contribution >= 4 is 27.2 Å². The molecule has 2 N–H and O–H groups in total. The van der Waals surface area contributed by atoms with E-state index in [9.17, 15) is 4.39 Å². The highest BCUT2D eigenvalue weighted by Crippen LogP contribution is 2.35. The van der Waals surface area contributed by atoms with Gasteiger partial charge in [-0.2, -0.15) is 0 Å². The maximum Gasteiger partial charge on any atom is 0.165 e. The number of anilines is 1. The van der Waals surface area contributed by atoms with Crippen LogP contribution in [0, 0.1) is 19.7 Å². The van der Waals surface area contributed by atoms with Crippen LogP contribution in [0.5, 0.6) is 11.5 Å². The first-order valence-corrected chi connectivity index (χ1v) is 6.95. The quantitative estimate of drug-likeness (QED) is 0.710. The lowest BCUT2D eigenvalue weighted by molar-refractivity contribution is 0.444. The molecule has 0 saturated carbocycles. The van der Waals surface area contributed by atoms with Crippen molar-refractivity contribution in [2.45, 2.75) is 13.8 Å². The number of fused-ring (bicyclic) bond motifs is 1. The van der Waals surface area contributed by atoms with Gasteiger partial charge in [0.25, 0.3) is 0 Å². The second-order valence-electron chi connectivity index (χ2n) is 4.63. The number of aryl methyl sites for hydroxylation is 2. The zero-order valence-corrected chi connectivity index (χ0v) is 11.9. The third-order valence-electron chi connectivity index (χ3n) is 2.93. The Balaban J connectivity index is 2.05. The van der Waals surface area contributed by atoms with Crippen molar-refractivity contribution in [2.75, 3.05) is 5.73 Å². The maximum absolute atomic E-state index is 13.7. The van der Waals surface area contributed by atoms with Crippen LogP contribution in [0.2, 0.25) is 0 Å². The Morgan fingerprint density at radius 1 is 1.15 bits per heavy atom. The molecule has 3 nitrogen and oxygen atoms in total. The number of ether oxygens (including phenoxy) is 1. The van der Waals surface area contributed by atoms with E-state index in [1.807, 2.05) is 19.9 Å². The van der Waals surface area contributed by atoms with Gasteiger partial charge in [0.15, 0.2) is 17.3 Å². The monoisotopic (exact) mass is 288 g/mol.